The number of hydrogen-bond donors (Lipinski definition) is 1. The zero-order chi connectivity index (χ0) is 21.8. The fourth-order valence-electron chi connectivity index (χ4n) is 4.79. The Morgan fingerprint density at radius 3 is 2.71 bits per heavy atom. The van der Waals surface area contributed by atoms with Gasteiger partial charge in [0.05, 0.1) is 29.9 Å². The number of hydrogen-bond acceptors (Lipinski definition) is 4. The minimum Gasteiger partial charge on any atom is -0.496 e. The molecular weight excluding hydrogens is 410 g/mol. The van der Waals surface area contributed by atoms with E-state index in [4.69, 9.17) is 4.74 Å². The monoisotopic (exact) mass is 443 g/mol. The second-order valence-corrected chi connectivity index (χ2v) is 9.21. The molecule has 1 fully saturated rings. The number of amides is 2. The van der Waals surface area contributed by atoms with Gasteiger partial charge in [-0.05, 0) is 36.4 Å². The first-order valence-electron chi connectivity index (χ1n) is 11.7. The Labute approximate surface area is 188 Å². The third-order valence-electron chi connectivity index (χ3n) is 6.34. The van der Waals surface area contributed by atoms with E-state index in [1.54, 1.807) is 16.2 Å². The predicted molar refractivity (Wildman–Crippen MR) is 124 cm³/mol. The summed E-state index contributed by atoms with van der Waals surface area (Å²) in [7, 11) is 0. The van der Waals surface area contributed by atoms with Gasteiger partial charge in [-0.1, -0.05) is 39.5 Å². The van der Waals surface area contributed by atoms with E-state index < -0.39 is 6.04 Å². The summed E-state index contributed by atoms with van der Waals surface area (Å²) in [6, 6.07) is 3.70. The van der Waals surface area contributed by atoms with E-state index >= 15 is 0 Å². The van der Waals surface area contributed by atoms with Crippen LogP contribution in [0.2, 0.25) is 0 Å². The summed E-state index contributed by atoms with van der Waals surface area (Å²) in [4.78, 5) is 28.4. The van der Waals surface area contributed by atoms with Gasteiger partial charge in [0.15, 0.2) is 0 Å². The lowest BCUT2D eigenvalue weighted by Gasteiger charge is -2.36. The molecule has 168 valence electrons. The zero-order valence-corrected chi connectivity index (χ0v) is 19.4. The zero-order valence-electron chi connectivity index (χ0n) is 18.6. The molecule has 7 heteroatoms. The molecule has 6 nitrogen and oxygen atoms in total. The summed E-state index contributed by atoms with van der Waals surface area (Å²) in [6.45, 7) is 5.51. The predicted octanol–water partition coefficient (Wildman–Crippen LogP) is 4.70. The van der Waals surface area contributed by atoms with Crippen LogP contribution in [0.5, 0.6) is 0 Å². The molecule has 31 heavy (non-hydrogen) atoms. The van der Waals surface area contributed by atoms with Gasteiger partial charge in [-0.2, -0.15) is 0 Å². The maximum absolute atomic E-state index is 13.4. The highest BCUT2D eigenvalue weighted by Gasteiger charge is 2.39. The van der Waals surface area contributed by atoms with E-state index in [2.05, 4.69) is 5.32 Å². The molecule has 0 aromatic carbocycles. The van der Waals surface area contributed by atoms with Crippen molar-refractivity contribution in [2.45, 2.75) is 77.4 Å². The summed E-state index contributed by atoms with van der Waals surface area (Å²) in [5, 5.41) is 5.30. The summed E-state index contributed by atoms with van der Waals surface area (Å²) < 4.78 is 8.77. The minimum absolute atomic E-state index is 0.0356. The maximum atomic E-state index is 13.4. The molecule has 1 saturated carbocycles. The molecular formula is C24H33N3O3S. The van der Waals surface area contributed by atoms with Crippen molar-refractivity contribution >= 4 is 33.4 Å². The summed E-state index contributed by atoms with van der Waals surface area (Å²) >= 11 is 1.63. The number of ether oxygens (including phenoxy) is 1. The van der Waals surface area contributed by atoms with Gasteiger partial charge in [0.2, 0.25) is 5.91 Å². The minimum atomic E-state index is -0.515. The quantitative estimate of drug-likeness (QED) is 0.697. The van der Waals surface area contributed by atoms with Crippen LogP contribution in [0.15, 0.2) is 29.3 Å². The summed E-state index contributed by atoms with van der Waals surface area (Å²) in [6.07, 6.45) is 9.77. The normalized spacial score (nSPS) is 21.6. The number of rotatable bonds is 4. The number of fused-ring (bicyclic) bond motifs is 3. The van der Waals surface area contributed by atoms with Crippen LogP contribution in [-0.4, -0.2) is 46.5 Å². The number of thiophene rings is 1. The lowest BCUT2D eigenvalue weighted by atomic mass is 10.1. The molecule has 1 atom stereocenters. The van der Waals surface area contributed by atoms with Crippen LogP contribution in [-0.2, 0) is 16.1 Å². The molecule has 0 radical (unpaired) electrons. The third-order valence-corrected chi connectivity index (χ3v) is 7.20. The van der Waals surface area contributed by atoms with Gasteiger partial charge in [-0.3, -0.25) is 9.59 Å². The summed E-state index contributed by atoms with van der Waals surface area (Å²) in [5.74, 6) is 0.677. The second-order valence-electron chi connectivity index (χ2n) is 8.26. The molecule has 1 unspecified atom stereocenters. The topological polar surface area (TPSA) is 63.6 Å². The number of nitrogens with one attached hydrogen (secondary N) is 1. The van der Waals surface area contributed by atoms with Gasteiger partial charge < -0.3 is 19.5 Å². The maximum Gasteiger partial charge on any atom is 0.271 e. The van der Waals surface area contributed by atoms with Crippen molar-refractivity contribution in [1.82, 2.24) is 14.8 Å². The van der Waals surface area contributed by atoms with Crippen molar-refractivity contribution in [3.05, 3.63) is 35.0 Å². The largest absolute Gasteiger partial charge is 0.496 e. The van der Waals surface area contributed by atoms with Crippen LogP contribution in [0.3, 0.4) is 0 Å². The van der Waals surface area contributed by atoms with Gasteiger partial charge in [0.25, 0.3) is 5.91 Å². The van der Waals surface area contributed by atoms with Crippen LogP contribution in [0.1, 0.15) is 69.3 Å². The SMILES string of the molecule is CC.O=C(NC1CCCCCC1)C1Cn2c(cc3sccc32)C(=O)N1CC1=CCCO1. The van der Waals surface area contributed by atoms with Crippen molar-refractivity contribution in [1.29, 1.82) is 0 Å². The van der Waals surface area contributed by atoms with E-state index in [9.17, 15) is 9.59 Å². The molecule has 5 rings (SSSR count). The first-order valence-corrected chi connectivity index (χ1v) is 12.6. The van der Waals surface area contributed by atoms with Crippen LogP contribution in [0, 0.1) is 0 Å². The Hall–Kier alpha value is -2.28. The summed E-state index contributed by atoms with van der Waals surface area (Å²) in [5.41, 5.74) is 1.71. The highest BCUT2D eigenvalue weighted by Crippen LogP contribution is 2.31. The Morgan fingerprint density at radius 2 is 2.00 bits per heavy atom. The molecule has 1 N–H and O–H groups in total. The Bertz CT molecular complexity index is 953. The van der Waals surface area contributed by atoms with E-state index in [0.29, 0.717) is 25.4 Å². The number of carbonyl (C=O) groups is 2. The smallest absolute Gasteiger partial charge is 0.271 e. The lowest BCUT2D eigenvalue weighted by molar-refractivity contribution is -0.127. The molecule has 0 saturated heterocycles. The van der Waals surface area contributed by atoms with E-state index in [0.717, 1.165) is 48.1 Å². The molecule has 1 aliphatic carbocycles. The lowest BCUT2D eigenvalue weighted by Crippen LogP contribution is -2.57. The van der Waals surface area contributed by atoms with Crippen molar-refractivity contribution in [3.63, 3.8) is 0 Å². The Morgan fingerprint density at radius 1 is 1.23 bits per heavy atom. The highest BCUT2D eigenvalue weighted by molar-refractivity contribution is 7.17. The van der Waals surface area contributed by atoms with Crippen LogP contribution < -0.4 is 5.32 Å². The highest BCUT2D eigenvalue weighted by atomic mass is 32.1. The Balaban J connectivity index is 0.00000112. The van der Waals surface area contributed by atoms with Crippen molar-refractivity contribution in [3.8, 4) is 0 Å². The first kappa shape index (κ1) is 21.9. The molecule has 2 aliphatic heterocycles. The van der Waals surface area contributed by atoms with E-state index in [-0.39, 0.29) is 17.9 Å². The first-order chi connectivity index (χ1) is 15.2. The molecule has 4 heterocycles. The number of nitrogens with zero attached hydrogens (tertiary/aromatic N) is 2. The van der Waals surface area contributed by atoms with Crippen molar-refractivity contribution < 1.29 is 14.3 Å². The molecule has 0 spiro atoms. The molecule has 0 bridgehead atoms. The standard InChI is InChI=1S/C22H27N3O3S.C2H6/c26-21(23-15-6-3-1-2-4-7-15)19-14-24-17-9-11-29-20(17)12-18(24)22(27)25(19)13-16-8-5-10-28-16;1-2/h8-9,11-12,15,19H,1-7,10,13-14H2,(H,23,26);1-2H3. The van der Waals surface area contributed by atoms with Crippen LogP contribution >= 0.6 is 11.3 Å². The number of carbonyl (C=O) groups excluding carboxylic acids is 2. The van der Waals surface area contributed by atoms with Crippen molar-refractivity contribution in [2.24, 2.45) is 0 Å². The second kappa shape index (κ2) is 9.90. The van der Waals surface area contributed by atoms with E-state index in [1.165, 1.54) is 12.8 Å². The van der Waals surface area contributed by atoms with Crippen LogP contribution in [0.4, 0.5) is 0 Å². The fraction of sp³-hybridized carbons (Fsp3) is 0.583. The third kappa shape index (κ3) is 4.52. The van der Waals surface area contributed by atoms with E-state index in [1.807, 2.05) is 42.0 Å². The van der Waals surface area contributed by atoms with Crippen LogP contribution in [0.25, 0.3) is 10.2 Å². The molecule has 2 aromatic heterocycles. The van der Waals surface area contributed by atoms with Gasteiger partial charge in [0, 0.05) is 12.5 Å². The molecule has 2 aromatic rings. The molecule has 3 aliphatic rings. The van der Waals surface area contributed by atoms with Gasteiger partial charge in [-0.15, -0.1) is 11.3 Å². The average molecular weight is 444 g/mol. The molecule has 2 amide bonds. The number of aromatic nitrogens is 1. The average Bonchev–Trinajstić information content (AvgIpc) is 3.48. The Kier molecular flexibility index (Phi) is 7.00. The fourth-order valence-corrected chi connectivity index (χ4v) is 5.61. The van der Waals surface area contributed by atoms with Gasteiger partial charge in [-0.25, -0.2) is 0 Å². The van der Waals surface area contributed by atoms with Crippen molar-refractivity contribution in [2.75, 3.05) is 13.2 Å². The van der Waals surface area contributed by atoms with Gasteiger partial charge in [0.1, 0.15) is 17.5 Å². The van der Waals surface area contributed by atoms with Gasteiger partial charge >= 0.3 is 0 Å².